The lowest BCUT2D eigenvalue weighted by Gasteiger charge is -2.22. The van der Waals surface area contributed by atoms with Crippen LogP contribution in [0.5, 0.6) is 0 Å². The molecule has 0 saturated carbocycles. The Bertz CT molecular complexity index is 1220. The van der Waals surface area contributed by atoms with Gasteiger partial charge in [0.25, 0.3) is 10.0 Å². The van der Waals surface area contributed by atoms with Gasteiger partial charge < -0.3 is 0 Å². The van der Waals surface area contributed by atoms with Gasteiger partial charge in [0.2, 0.25) is 0 Å². The van der Waals surface area contributed by atoms with E-state index in [1.54, 1.807) is 6.07 Å². The Kier molecular flexibility index (Phi) is 6.34. The van der Waals surface area contributed by atoms with Gasteiger partial charge in [-0.2, -0.15) is 27.1 Å². The summed E-state index contributed by atoms with van der Waals surface area (Å²) in [4.78, 5) is -0.232. The zero-order chi connectivity index (χ0) is 23.7. The average molecular weight is 492 g/mol. The summed E-state index contributed by atoms with van der Waals surface area (Å²) in [6.45, 7) is 2.81. The molecule has 0 aliphatic heterocycles. The Labute approximate surface area is 185 Å². The molecule has 0 fully saturated rings. The van der Waals surface area contributed by atoms with E-state index in [0.29, 0.717) is 4.68 Å². The molecule has 0 amide bonds. The molecule has 1 N–H and O–H groups in total. The van der Waals surface area contributed by atoms with Crippen LogP contribution in [0.4, 0.5) is 27.8 Å². The fourth-order valence-corrected chi connectivity index (χ4v) is 4.07. The van der Waals surface area contributed by atoms with E-state index >= 15 is 0 Å². The standard InChI is InChI=1S/C20H15ClF5N3O2S/c1-2-12-29-17(19(22,23)20(24,25)26)16(13-8-10-14(21)11-9-13)18(27-29)28-32(30,31)15-6-4-3-5-7-15/h2-11H,1,12H2,(H,27,28). The first-order chi connectivity index (χ1) is 14.9. The third-order valence-electron chi connectivity index (χ3n) is 4.33. The summed E-state index contributed by atoms with van der Waals surface area (Å²) in [5, 5.41) is 3.93. The SMILES string of the molecule is C=CCn1nc(NS(=O)(=O)c2ccccc2)c(-c2ccc(Cl)cc2)c1C(F)(F)C(F)(F)F. The molecule has 12 heteroatoms. The van der Waals surface area contributed by atoms with E-state index in [1.807, 2.05) is 4.72 Å². The van der Waals surface area contributed by atoms with Crippen LogP contribution in [-0.2, 0) is 22.5 Å². The third kappa shape index (κ3) is 4.49. The molecule has 0 spiro atoms. The van der Waals surface area contributed by atoms with Crippen LogP contribution in [0.15, 0.2) is 72.1 Å². The normalized spacial score (nSPS) is 12.6. The molecule has 0 aliphatic rings. The number of alkyl halides is 5. The smallest absolute Gasteiger partial charge is 0.261 e. The molecule has 0 atom stereocenters. The van der Waals surface area contributed by atoms with Gasteiger partial charge in [0, 0.05) is 5.02 Å². The molecule has 5 nitrogen and oxygen atoms in total. The van der Waals surface area contributed by atoms with Crippen molar-refractivity contribution in [3.63, 3.8) is 0 Å². The van der Waals surface area contributed by atoms with Crippen molar-refractivity contribution in [2.75, 3.05) is 4.72 Å². The van der Waals surface area contributed by atoms with E-state index in [4.69, 9.17) is 11.6 Å². The molecule has 170 valence electrons. The lowest BCUT2D eigenvalue weighted by molar-refractivity contribution is -0.291. The minimum atomic E-state index is -5.97. The first-order valence-electron chi connectivity index (χ1n) is 8.89. The summed E-state index contributed by atoms with van der Waals surface area (Å²) in [7, 11) is -4.36. The molecule has 0 saturated heterocycles. The van der Waals surface area contributed by atoms with Gasteiger partial charge in [-0.25, -0.2) is 8.42 Å². The number of nitrogens with zero attached hydrogens (tertiary/aromatic N) is 2. The Morgan fingerprint density at radius 2 is 1.62 bits per heavy atom. The summed E-state index contributed by atoms with van der Waals surface area (Å²) in [5.41, 5.74) is -2.40. The Morgan fingerprint density at radius 1 is 1.03 bits per heavy atom. The largest absolute Gasteiger partial charge is 0.459 e. The quantitative estimate of drug-likeness (QED) is 0.333. The molecule has 0 radical (unpaired) electrons. The lowest BCUT2D eigenvalue weighted by atomic mass is 10.0. The molecule has 3 rings (SSSR count). The number of allylic oxidation sites excluding steroid dienone is 1. The van der Waals surface area contributed by atoms with Crippen LogP contribution >= 0.6 is 11.6 Å². The van der Waals surface area contributed by atoms with Crippen molar-refractivity contribution in [2.45, 2.75) is 23.5 Å². The highest BCUT2D eigenvalue weighted by molar-refractivity contribution is 7.92. The zero-order valence-corrected chi connectivity index (χ0v) is 17.6. The van der Waals surface area contributed by atoms with E-state index in [-0.39, 0.29) is 15.5 Å². The molecule has 32 heavy (non-hydrogen) atoms. The number of sulfonamides is 1. The van der Waals surface area contributed by atoms with Gasteiger partial charge in [0.15, 0.2) is 5.82 Å². The fraction of sp³-hybridized carbons (Fsp3) is 0.150. The minimum absolute atomic E-state index is 0.144. The van der Waals surface area contributed by atoms with Crippen molar-refractivity contribution >= 4 is 27.4 Å². The zero-order valence-electron chi connectivity index (χ0n) is 16.1. The van der Waals surface area contributed by atoms with Crippen molar-refractivity contribution in [2.24, 2.45) is 0 Å². The minimum Gasteiger partial charge on any atom is -0.261 e. The molecule has 3 aromatic rings. The van der Waals surface area contributed by atoms with E-state index in [1.165, 1.54) is 48.5 Å². The van der Waals surface area contributed by atoms with Crippen LogP contribution in [0.2, 0.25) is 5.02 Å². The van der Waals surface area contributed by atoms with Crippen LogP contribution in [0.1, 0.15) is 5.69 Å². The summed E-state index contributed by atoms with van der Waals surface area (Å²) in [6, 6.07) is 11.8. The number of nitrogens with one attached hydrogen (secondary N) is 1. The van der Waals surface area contributed by atoms with Crippen LogP contribution in [-0.4, -0.2) is 24.4 Å². The maximum absolute atomic E-state index is 14.6. The topological polar surface area (TPSA) is 64.0 Å². The van der Waals surface area contributed by atoms with Crippen molar-refractivity contribution < 1.29 is 30.4 Å². The number of aromatic nitrogens is 2. The summed E-state index contributed by atoms with van der Waals surface area (Å²) >= 11 is 5.81. The Morgan fingerprint density at radius 3 is 2.16 bits per heavy atom. The first-order valence-corrected chi connectivity index (χ1v) is 10.7. The van der Waals surface area contributed by atoms with E-state index in [9.17, 15) is 30.4 Å². The van der Waals surface area contributed by atoms with Gasteiger partial charge in [-0.05, 0) is 29.8 Å². The van der Waals surface area contributed by atoms with Crippen LogP contribution < -0.4 is 4.72 Å². The highest BCUT2D eigenvalue weighted by Gasteiger charge is 2.62. The predicted octanol–water partition coefficient (Wildman–Crippen LogP) is 5.84. The second-order valence-electron chi connectivity index (χ2n) is 6.54. The van der Waals surface area contributed by atoms with Crippen molar-refractivity contribution in [3.8, 4) is 11.1 Å². The van der Waals surface area contributed by atoms with Gasteiger partial charge in [-0.1, -0.05) is 48.0 Å². The lowest BCUT2D eigenvalue weighted by Crippen LogP contribution is -2.36. The van der Waals surface area contributed by atoms with Gasteiger partial charge in [-0.15, -0.1) is 6.58 Å². The molecular weight excluding hydrogens is 477 g/mol. The number of hydrogen-bond acceptors (Lipinski definition) is 3. The fourth-order valence-electron chi connectivity index (χ4n) is 2.92. The predicted molar refractivity (Wildman–Crippen MR) is 110 cm³/mol. The van der Waals surface area contributed by atoms with E-state index in [2.05, 4.69) is 11.7 Å². The Hall–Kier alpha value is -2.92. The molecular formula is C20H15ClF5N3O2S. The molecule has 0 unspecified atom stereocenters. The van der Waals surface area contributed by atoms with Gasteiger partial charge in [-0.3, -0.25) is 9.40 Å². The van der Waals surface area contributed by atoms with Crippen LogP contribution in [0, 0.1) is 0 Å². The maximum Gasteiger partial charge on any atom is 0.459 e. The summed E-state index contributed by atoms with van der Waals surface area (Å²) < 4.78 is 97.1. The number of rotatable bonds is 7. The molecule has 2 aromatic carbocycles. The van der Waals surface area contributed by atoms with Crippen molar-refractivity contribution in [1.82, 2.24) is 9.78 Å². The van der Waals surface area contributed by atoms with Crippen LogP contribution in [0.25, 0.3) is 11.1 Å². The highest BCUT2D eigenvalue weighted by atomic mass is 35.5. The monoisotopic (exact) mass is 491 g/mol. The highest BCUT2D eigenvalue weighted by Crippen LogP contribution is 2.49. The maximum atomic E-state index is 14.6. The van der Waals surface area contributed by atoms with Gasteiger partial charge in [0.1, 0.15) is 5.69 Å². The van der Waals surface area contributed by atoms with Crippen LogP contribution in [0.3, 0.4) is 0 Å². The van der Waals surface area contributed by atoms with E-state index < -0.39 is 45.7 Å². The molecule has 0 aliphatic carbocycles. The second kappa shape index (κ2) is 8.55. The molecule has 1 heterocycles. The summed E-state index contributed by atoms with van der Waals surface area (Å²) in [6.07, 6.45) is -4.91. The average Bonchev–Trinajstić information content (AvgIpc) is 3.06. The molecule has 0 bridgehead atoms. The third-order valence-corrected chi connectivity index (χ3v) is 5.93. The Balaban J connectivity index is 2.31. The van der Waals surface area contributed by atoms with Gasteiger partial charge >= 0.3 is 12.1 Å². The first kappa shape index (κ1) is 23.7. The van der Waals surface area contributed by atoms with Crippen molar-refractivity contribution in [3.05, 3.63) is 78.0 Å². The molecule has 1 aromatic heterocycles. The second-order valence-corrected chi connectivity index (χ2v) is 8.66. The number of hydrogen-bond donors (Lipinski definition) is 1. The number of halogens is 6. The van der Waals surface area contributed by atoms with Gasteiger partial charge in [0.05, 0.1) is 17.0 Å². The van der Waals surface area contributed by atoms with Crippen molar-refractivity contribution in [1.29, 1.82) is 0 Å². The number of benzene rings is 2. The number of anilines is 1. The summed E-state index contributed by atoms with van der Waals surface area (Å²) in [5.74, 6) is -6.05. The van der Waals surface area contributed by atoms with E-state index in [0.717, 1.165) is 6.08 Å².